The third-order valence-corrected chi connectivity index (χ3v) is 7.35. The number of non-ortho nitro benzene ring substituents is 1. The second-order valence-corrected chi connectivity index (χ2v) is 9.48. The van der Waals surface area contributed by atoms with Gasteiger partial charge in [-0.1, -0.05) is 42.0 Å². The molecule has 1 saturated carbocycles. The van der Waals surface area contributed by atoms with Crippen molar-refractivity contribution in [3.05, 3.63) is 81.4 Å². The lowest BCUT2D eigenvalue weighted by Crippen LogP contribution is -2.38. The second kappa shape index (κ2) is 8.20. The number of amides is 3. The fourth-order valence-corrected chi connectivity index (χ4v) is 5.66. The van der Waals surface area contributed by atoms with Gasteiger partial charge in [0.2, 0.25) is 17.7 Å². The number of nitro groups is 1. The quantitative estimate of drug-likeness (QED) is 0.303. The van der Waals surface area contributed by atoms with Crippen LogP contribution >= 0.6 is 0 Å². The third-order valence-electron chi connectivity index (χ3n) is 7.35. The van der Waals surface area contributed by atoms with Crippen molar-refractivity contribution in [2.24, 2.45) is 23.7 Å². The number of hydrogen-bond donors (Lipinski definition) is 1. The molecule has 3 amide bonds. The van der Waals surface area contributed by atoms with Crippen LogP contribution in [0.2, 0.25) is 0 Å². The molecule has 174 valence electrons. The summed E-state index contributed by atoms with van der Waals surface area (Å²) in [4.78, 5) is 51.8. The maximum Gasteiger partial charge on any atom is 0.269 e. The Hall–Kier alpha value is -3.81. The van der Waals surface area contributed by atoms with Gasteiger partial charge in [-0.3, -0.25) is 29.4 Å². The molecule has 2 aromatic rings. The van der Waals surface area contributed by atoms with E-state index in [0.29, 0.717) is 11.3 Å². The number of nitrogens with zero attached hydrogens (tertiary/aromatic N) is 2. The van der Waals surface area contributed by atoms with Crippen LogP contribution in [0.4, 0.5) is 11.4 Å². The maximum atomic E-state index is 13.4. The lowest BCUT2D eigenvalue weighted by molar-refractivity contribution is -0.384. The van der Waals surface area contributed by atoms with E-state index in [9.17, 15) is 24.5 Å². The number of carbonyl (C=O) groups is 3. The minimum Gasteiger partial charge on any atom is -0.326 e. The van der Waals surface area contributed by atoms with Gasteiger partial charge >= 0.3 is 0 Å². The Balaban J connectivity index is 1.42. The molecule has 1 aliphatic heterocycles. The summed E-state index contributed by atoms with van der Waals surface area (Å²) in [5.74, 6) is -1.26. The van der Waals surface area contributed by atoms with Gasteiger partial charge in [0.15, 0.2) is 0 Å². The average molecular weight is 460 g/mol. The molecule has 1 heterocycles. The van der Waals surface area contributed by atoms with Gasteiger partial charge < -0.3 is 5.32 Å². The molecule has 5 rings (SSSR count). The molecule has 2 fully saturated rings. The Labute approximate surface area is 196 Å². The van der Waals surface area contributed by atoms with Crippen LogP contribution < -0.4 is 5.32 Å². The number of nitrogens with one attached hydrogen (secondary N) is 1. The number of likely N-dealkylation sites (tertiary alicyclic amines) is 1. The van der Waals surface area contributed by atoms with Gasteiger partial charge in [0.05, 0.1) is 29.2 Å². The smallest absolute Gasteiger partial charge is 0.269 e. The Morgan fingerprint density at radius 3 is 2.24 bits per heavy atom. The van der Waals surface area contributed by atoms with E-state index in [4.69, 9.17) is 0 Å². The van der Waals surface area contributed by atoms with Gasteiger partial charge in [-0.25, -0.2) is 0 Å². The van der Waals surface area contributed by atoms with E-state index in [1.807, 2.05) is 43.3 Å². The molecule has 0 radical (unpaired) electrons. The van der Waals surface area contributed by atoms with Crippen molar-refractivity contribution in [2.75, 3.05) is 5.32 Å². The van der Waals surface area contributed by atoms with E-state index in [0.717, 1.165) is 17.5 Å². The van der Waals surface area contributed by atoms with Crippen LogP contribution in [0.1, 0.15) is 35.6 Å². The van der Waals surface area contributed by atoms with Gasteiger partial charge in [0.25, 0.3) is 5.69 Å². The highest BCUT2D eigenvalue weighted by molar-refractivity contribution is 6.07. The highest BCUT2D eigenvalue weighted by Crippen LogP contribution is 2.54. The summed E-state index contributed by atoms with van der Waals surface area (Å²) in [5, 5.41) is 13.8. The van der Waals surface area contributed by atoms with Crippen LogP contribution in [0, 0.1) is 47.6 Å². The van der Waals surface area contributed by atoms with E-state index in [1.54, 1.807) is 6.92 Å². The summed E-state index contributed by atoms with van der Waals surface area (Å²) in [7, 11) is 0. The van der Waals surface area contributed by atoms with Gasteiger partial charge in [0.1, 0.15) is 0 Å². The topological polar surface area (TPSA) is 110 Å². The standard InChI is InChI=1S/C26H25N3O5/c1-14-3-5-16(6-4-14)21(13-22(30)27-20-10-9-19(29(33)34)11-15(20)2)28-25(31)23-17-7-8-18(12-17)24(23)26(28)32/h3-11,17-18,21,23-24H,12-13H2,1-2H3,(H,27,30). The number of fused-ring (bicyclic) bond motifs is 5. The lowest BCUT2D eigenvalue weighted by atomic mass is 9.85. The molecule has 1 saturated heterocycles. The number of aryl methyl sites for hydroxylation is 2. The number of carbonyl (C=O) groups excluding carboxylic acids is 3. The minimum atomic E-state index is -0.719. The van der Waals surface area contributed by atoms with Gasteiger partial charge in [-0.2, -0.15) is 0 Å². The molecule has 2 bridgehead atoms. The predicted molar refractivity (Wildman–Crippen MR) is 125 cm³/mol. The first-order chi connectivity index (χ1) is 16.2. The van der Waals surface area contributed by atoms with E-state index >= 15 is 0 Å². The molecule has 0 aromatic heterocycles. The zero-order valence-electron chi connectivity index (χ0n) is 18.9. The molecule has 1 N–H and O–H groups in total. The van der Waals surface area contributed by atoms with Crippen LogP contribution in [0.25, 0.3) is 0 Å². The summed E-state index contributed by atoms with van der Waals surface area (Å²) in [6.07, 6.45) is 4.84. The Bertz CT molecular complexity index is 1210. The molecule has 34 heavy (non-hydrogen) atoms. The summed E-state index contributed by atoms with van der Waals surface area (Å²) in [5.41, 5.74) is 2.71. The number of benzene rings is 2. The summed E-state index contributed by atoms with van der Waals surface area (Å²) in [6.45, 7) is 3.63. The van der Waals surface area contributed by atoms with Crippen molar-refractivity contribution in [1.82, 2.24) is 4.90 Å². The second-order valence-electron chi connectivity index (χ2n) is 9.48. The van der Waals surface area contributed by atoms with Gasteiger partial charge in [0, 0.05) is 17.8 Å². The van der Waals surface area contributed by atoms with Crippen molar-refractivity contribution in [3.8, 4) is 0 Å². The summed E-state index contributed by atoms with van der Waals surface area (Å²) in [6, 6.07) is 11.0. The SMILES string of the molecule is Cc1ccc(C(CC(=O)Nc2ccc([N+](=O)[O-])cc2C)N2C(=O)C3C4C=CC(C4)C3C2=O)cc1. The molecule has 5 atom stereocenters. The largest absolute Gasteiger partial charge is 0.326 e. The first-order valence-corrected chi connectivity index (χ1v) is 11.4. The van der Waals surface area contributed by atoms with E-state index in [2.05, 4.69) is 5.32 Å². The van der Waals surface area contributed by atoms with Crippen LogP contribution in [-0.4, -0.2) is 27.5 Å². The number of hydrogen-bond acceptors (Lipinski definition) is 5. The van der Waals surface area contributed by atoms with Gasteiger partial charge in [-0.05, 0) is 49.3 Å². The molecule has 8 nitrogen and oxygen atoms in total. The van der Waals surface area contributed by atoms with Gasteiger partial charge in [-0.15, -0.1) is 0 Å². The molecule has 8 heteroatoms. The number of anilines is 1. The van der Waals surface area contributed by atoms with E-state index < -0.39 is 11.0 Å². The molecule has 2 aliphatic carbocycles. The van der Waals surface area contributed by atoms with Crippen molar-refractivity contribution < 1.29 is 19.3 Å². The normalized spacial score (nSPS) is 25.5. The van der Waals surface area contributed by atoms with E-state index in [-0.39, 0.29) is 53.5 Å². The lowest BCUT2D eigenvalue weighted by Gasteiger charge is -2.28. The monoisotopic (exact) mass is 459 g/mol. The molecular formula is C26H25N3O5. The zero-order valence-corrected chi connectivity index (χ0v) is 18.9. The fraction of sp³-hybridized carbons (Fsp3) is 0.346. The number of imide groups is 1. The summed E-state index contributed by atoms with van der Waals surface area (Å²) < 4.78 is 0. The molecule has 2 aromatic carbocycles. The molecule has 3 aliphatic rings. The van der Waals surface area contributed by atoms with Crippen LogP contribution in [0.15, 0.2) is 54.6 Å². The Morgan fingerprint density at radius 1 is 1.06 bits per heavy atom. The Morgan fingerprint density at radius 2 is 1.68 bits per heavy atom. The molecule has 5 unspecified atom stereocenters. The van der Waals surface area contributed by atoms with Crippen LogP contribution in [0.3, 0.4) is 0 Å². The van der Waals surface area contributed by atoms with Crippen molar-refractivity contribution in [2.45, 2.75) is 32.7 Å². The average Bonchev–Trinajstić information content (AvgIpc) is 3.48. The fourth-order valence-electron chi connectivity index (χ4n) is 5.66. The predicted octanol–water partition coefficient (Wildman–Crippen LogP) is 4.09. The number of allylic oxidation sites excluding steroid dienone is 2. The van der Waals surface area contributed by atoms with Crippen molar-refractivity contribution in [3.63, 3.8) is 0 Å². The Kier molecular flexibility index (Phi) is 5.31. The van der Waals surface area contributed by atoms with Crippen LogP contribution in [0.5, 0.6) is 0 Å². The van der Waals surface area contributed by atoms with Crippen molar-refractivity contribution in [1.29, 1.82) is 0 Å². The minimum absolute atomic E-state index is 0.0592. The number of rotatable bonds is 6. The third kappa shape index (κ3) is 3.59. The number of nitro benzene ring substituents is 1. The molecule has 0 spiro atoms. The highest BCUT2D eigenvalue weighted by atomic mass is 16.6. The first-order valence-electron chi connectivity index (χ1n) is 11.4. The van der Waals surface area contributed by atoms with E-state index in [1.165, 1.54) is 23.1 Å². The summed E-state index contributed by atoms with van der Waals surface area (Å²) >= 11 is 0. The highest BCUT2D eigenvalue weighted by Gasteiger charge is 2.60. The first kappa shape index (κ1) is 22.0. The van der Waals surface area contributed by atoms with Crippen LogP contribution in [-0.2, 0) is 14.4 Å². The van der Waals surface area contributed by atoms with Crippen molar-refractivity contribution >= 4 is 29.1 Å². The molecular weight excluding hydrogens is 434 g/mol. The maximum absolute atomic E-state index is 13.4. The zero-order chi connectivity index (χ0) is 24.1.